The number of hydrogen-bond acceptors (Lipinski definition) is 10. The van der Waals surface area contributed by atoms with Gasteiger partial charge in [0.1, 0.15) is 5.52 Å². The number of nitrogens with zero attached hydrogens (tertiary/aromatic N) is 6. The Labute approximate surface area is 298 Å². The van der Waals surface area contributed by atoms with E-state index < -0.39 is 53.7 Å². The van der Waals surface area contributed by atoms with Gasteiger partial charge in [0.25, 0.3) is 0 Å². The van der Waals surface area contributed by atoms with E-state index in [1.807, 2.05) is 34.6 Å². The highest BCUT2D eigenvalue weighted by molar-refractivity contribution is 6.02. The summed E-state index contributed by atoms with van der Waals surface area (Å²) >= 11 is 0. The number of rotatable bonds is 12. The summed E-state index contributed by atoms with van der Waals surface area (Å²) in [6, 6.07) is 0. The van der Waals surface area contributed by atoms with E-state index in [2.05, 4.69) is 21.9 Å². The number of aromatic amines is 2. The van der Waals surface area contributed by atoms with Gasteiger partial charge in [0.05, 0.1) is 42.3 Å². The predicted octanol–water partition coefficient (Wildman–Crippen LogP) is 9.14. The first kappa shape index (κ1) is 37.5. The highest BCUT2D eigenvalue weighted by Gasteiger charge is 2.44. The average Bonchev–Trinajstić information content (AvgIpc) is 3.86. The van der Waals surface area contributed by atoms with Crippen molar-refractivity contribution < 1.29 is 19.7 Å². The van der Waals surface area contributed by atoms with E-state index in [4.69, 9.17) is 4.98 Å². The van der Waals surface area contributed by atoms with E-state index in [0.717, 1.165) is 33.4 Å². The third kappa shape index (κ3) is 5.52. The number of aryl methyl sites for hydroxylation is 5. The molecule has 3 aromatic heterocycles. The smallest absolute Gasteiger partial charge is 0.354 e. The predicted molar refractivity (Wildman–Crippen MR) is 199 cm³/mol. The van der Waals surface area contributed by atoms with Crippen molar-refractivity contribution in [2.45, 2.75) is 107 Å². The first-order valence-electron chi connectivity index (χ1n) is 17.7. The van der Waals surface area contributed by atoms with Gasteiger partial charge < -0.3 is 9.97 Å². The summed E-state index contributed by atoms with van der Waals surface area (Å²) in [5.41, 5.74) is 2.61. The lowest BCUT2D eigenvalue weighted by Crippen LogP contribution is -2.03. The van der Waals surface area contributed by atoms with Gasteiger partial charge in [-0.1, -0.05) is 55.4 Å². The Morgan fingerprint density at radius 3 is 1.12 bits per heavy atom. The first-order chi connectivity index (χ1) is 24.8. The lowest BCUT2D eigenvalue weighted by Gasteiger charge is -2.08. The second-order valence-electron chi connectivity index (χ2n) is 12.4. The van der Waals surface area contributed by atoms with Crippen molar-refractivity contribution in [1.82, 2.24) is 19.9 Å². The average molecular weight is 715 g/mol. The quantitative estimate of drug-likeness (QED) is 0.133. The Kier molecular flexibility index (Phi) is 10.4. The van der Waals surface area contributed by atoms with E-state index in [1.165, 1.54) is 0 Å². The monoisotopic (exact) mass is 714 g/mol. The minimum atomic E-state index is -1.19. The Morgan fingerprint density at radius 2 is 0.750 bits per heavy atom. The maximum absolute atomic E-state index is 13.0. The van der Waals surface area contributed by atoms with Gasteiger partial charge in [0.15, 0.2) is 0 Å². The van der Waals surface area contributed by atoms with Crippen LogP contribution in [0, 0.1) is 40.5 Å². The molecule has 2 N–H and O–H groups in total. The minimum absolute atomic E-state index is 0.0562. The summed E-state index contributed by atoms with van der Waals surface area (Å²) in [5.74, 6) is 0. The van der Waals surface area contributed by atoms with Crippen LogP contribution < -0.4 is 0 Å². The number of H-pyrrole nitrogens is 2. The normalized spacial score (nSPS) is 12.9. The molecule has 0 radical (unpaired) electrons. The molecule has 5 rings (SSSR count). The molecule has 0 aliphatic carbocycles. The zero-order valence-corrected chi connectivity index (χ0v) is 30.6. The second kappa shape index (κ2) is 14.4. The van der Waals surface area contributed by atoms with Gasteiger partial charge in [-0.15, -0.1) is 0 Å². The van der Waals surface area contributed by atoms with Crippen molar-refractivity contribution in [1.29, 1.82) is 0 Å². The fraction of sp³-hybridized carbons (Fsp3) is 0.444. The molecule has 52 heavy (non-hydrogen) atoms. The number of aromatic nitrogens is 4. The van der Waals surface area contributed by atoms with E-state index in [0.29, 0.717) is 61.0 Å². The van der Waals surface area contributed by atoms with E-state index >= 15 is 0 Å². The van der Waals surface area contributed by atoms with Crippen LogP contribution in [0.4, 0.5) is 17.1 Å². The maximum Gasteiger partial charge on any atom is 0.378 e. The zero-order valence-electron chi connectivity index (χ0n) is 30.6. The molecule has 0 aromatic carbocycles. The number of allylic oxidation sites excluding steroid dienone is 3. The molecule has 16 nitrogen and oxygen atoms in total. The molecule has 2 aliphatic heterocycles. The number of nitrogens with one attached hydrogen (secondary N) is 2. The van der Waals surface area contributed by atoms with Gasteiger partial charge in [-0.3, -0.25) is 40.5 Å². The highest BCUT2D eigenvalue weighted by atomic mass is 16.6. The van der Waals surface area contributed by atoms with Gasteiger partial charge >= 0.3 is 22.8 Å². The van der Waals surface area contributed by atoms with Crippen LogP contribution in [0.1, 0.15) is 125 Å². The Morgan fingerprint density at radius 1 is 0.404 bits per heavy atom. The van der Waals surface area contributed by atoms with Crippen LogP contribution in [0.25, 0.3) is 44.5 Å². The number of nitro groups is 4. The van der Waals surface area contributed by atoms with E-state index in [-0.39, 0.29) is 35.2 Å². The standard InChI is InChI=1S/C36H42N8O8/c1-9-17-18(10-2)27-22(14-6)29-24(16-8)33(41(45)46)31(39-29)34(42(47)48)32-36(44(51)52)35(43(49)50)30(40-32)23(15-7)28-20(12-4)19(11-3)26(38-28)21(13-5)25(17)37-27/h37,40H,9-16H2,1-8H3. The maximum atomic E-state index is 13.0. The molecule has 274 valence electrons. The summed E-state index contributed by atoms with van der Waals surface area (Å²) in [4.78, 5) is 63.7. The molecule has 5 heterocycles. The van der Waals surface area contributed by atoms with E-state index in [1.54, 1.807) is 13.8 Å². The van der Waals surface area contributed by atoms with Crippen molar-refractivity contribution in [3.8, 4) is 0 Å². The van der Waals surface area contributed by atoms with Crippen molar-refractivity contribution in [2.75, 3.05) is 0 Å². The van der Waals surface area contributed by atoms with Crippen molar-refractivity contribution >= 4 is 61.5 Å². The summed E-state index contributed by atoms with van der Waals surface area (Å²) in [6.07, 6.45) is 3.38. The van der Waals surface area contributed by atoms with Gasteiger partial charge in [-0.2, -0.15) is 0 Å². The van der Waals surface area contributed by atoms with Crippen LogP contribution in [0.3, 0.4) is 0 Å². The lowest BCUT2D eigenvalue weighted by atomic mass is 9.94. The largest absolute Gasteiger partial charge is 0.378 e. The van der Waals surface area contributed by atoms with Crippen LogP contribution in [-0.2, 0) is 32.1 Å². The lowest BCUT2D eigenvalue weighted by molar-refractivity contribution is -0.420. The first-order valence-corrected chi connectivity index (χ1v) is 17.7. The molecule has 0 atom stereocenters. The molecule has 2 aliphatic rings. The van der Waals surface area contributed by atoms with E-state index in [9.17, 15) is 40.5 Å². The molecular formula is C36H42N8O8. The third-order valence-corrected chi connectivity index (χ3v) is 10.1. The van der Waals surface area contributed by atoms with Crippen LogP contribution >= 0.6 is 0 Å². The Hall–Kier alpha value is -5.80. The van der Waals surface area contributed by atoms with Crippen molar-refractivity contribution in [2.24, 2.45) is 0 Å². The molecule has 0 saturated carbocycles. The van der Waals surface area contributed by atoms with Crippen molar-refractivity contribution in [3.63, 3.8) is 0 Å². The van der Waals surface area contributed by atoms with Crippen LogP contribution in [0.2, 0.25) is 0 Å². The second-order valence-corrected chi connectivity index (χ2v) is 12.4. The topological polar surface area (TPSA) is 230 Å². The zero-order chi connectivity index (χ0) is 38.3. The van der Waals surface area contributed by atoms with Crippen molar-refractivity contribution in [3.05, 3.63) is 91.1 Å². The fourth-order valence-corrected chi connectivity index (χ4v) is 8.01. The highest BCUT2D eigenvalue weighted by Crippen LogP contribution is 2.48. The van der Waals surface area contributed by atoms with Crippen LogP contribution in [0.5, 0.6) is 0 Å². The van der Waals surface area contributed by atoms with Crippen LogP contribution in [-0.4, -0.2) is 39.6 Å². The SMILES string of the molecule is CCC1=C(CC)c2nc1c(CC)c1[nH]c(c(CC)c3nc(c([N+](=O)[O-])c4[nH]c(c2CC)c([N+](=O)[O-])c4[N+](=O)[O-])C([N+](=O)[O-])=C3CC)c(CC)c1CC. The molecule has 8 bridgehead atoms. The van der Waals surface area contributed by atoms with Gasteiger partial charge in [-0.25, -0.2) is 9.97 Å². The summed E-state index contributed by atoms with van der Waals surface area (Å²) in [5, 5.41) is 51.4. The van der Waals surface area contributed by atoms with Gasteiger partial charge in [0.2, 0.25) is 11.2 Å². The number of fused-ring (bicyclic) bond motifs is 8. The molecule has 3 aromatic rings. The summed E-state index contributed by atoms with van der Waals surface area (Å²) in [7, 11) is 0. The Bertz CT molecular complexity index is 2310. The minimum Gasteiger partial charge on any atom is -0.354 e. The van der Waals surface area contributed by atoms with Gasteiger partial charge in [-0.05, 0) is 73.6 Å². The fourth-order valence-electron chi connectivity index (χ4n) is 8.01. The van der Waals surface area contributed by atoms with Crippen LogP contribution in [0.15, 0.2) is 0 Å². The summed E-state index contributed by atoms with van der Waals surface area (Å²) < 4.78 is 0. The third-order valence-electron chi connectivity index (χ3n) is 10.1. The molecule has 0 amide bonds. The molecular weight excluding hydrogens is 672 g/mol. The molecule has 0 fully saturated rings. The summed E-state index contributed by atoms with van der Waals surface area (Å²) in [6.45, 7) is 15.3. The molecule has 0 spiro atoms. The molecule has 0 unspecified atom stereocenters. The van der Waals surface area contributed by atoms with Gasteiger partial charge in [0, 0.05) is 27.7 Å². The molecule has 0 saturated heterocycles. The molecule has 16 heteroatoms. The number of hydrogen-bond donors (Lipinski definition) is 2. The Balaban J connectivity index is 2.36.